The van der Waals surface area contributed by atoms with Crippen molar-refractivity contribution in [2.75, 3.05) is 18.0 Å². The van der Waals surface area contributed by atoms with Crippen LogP contribution in [-0.4, -0.2) is 45.2 Å². The molecule has 1 saturated carbocycles. The summed E-state index contributed by atoms with van der Waals surface area (Å²) in [7, 11) is 0. The lowest BCUT2D eigenvalue weighted by atomic mass is 10.1. The van der Waals surface area contributed by atoms with E-state index in [1.54, 1.807) is 23.6 Å². The molecule has 1 aliphatic carbocycles. The molecule has 1 atom stereocenters. The average molecular weight is 330 g/mol. The standard InChI is InChI=1S/C15H18N6OS/c22-13(12-5-6-16-9-17-12)18-11-2-1-7-21(8-11)15-20-19-14(23-15)10-3-4-10/h5-6,9-11H,1-4,7-8H2,(H,18,22). The molecule has 7 nitrogen and oxygen atoms in total. The van der Waals surface area contributed by atoms with Crippen molar-refractivity contribution in [3.05, 3.63) is 29.3 Å². The Kier molecular flexibility index (Phi) is 3.90. The minimum atomic E-state index is -0.143. The molecule has 1 amide bonds. The van der Waals surface area contributed by atoms with Gasteiger partial charge in [0.2, 0.25) is 5.13 Å². The first-order valence-electron chi connectivity index (χ1n) is 7.95. The Bertz CT molecular complexity index is 686. The predicted octanol–water partition coefficient (Wildman–Crippen LogP) is 1.60. The lowest BCUT2D eigenvalue weighted by Crippen LogP contribution is -2.48. The van der Waals surface area contributed by atoms with Crippen molar-refractivity contribution >= 4 is 22.4 Å². The van der Waals surface area contributed by atoms with Crippen LogP contribution < -0.4 is 10.2 Å². The van der Waals surface area contributed by atoms with Crippen LogP contribution in [0.15, 0.2) is 18.6 Å². The van der Waals surface area contributed by atoms with E-state index in [4.69, 9.17) is 0 Å². The molecule has 0 radical (unpaired) electrons. The molecular weight excluding hydrogens is 312 g/mol. The van der Waals surface area contributed by atoms with Gasteiger partial charge in [0.15, 0.2) is 0 Å². The first-order valence-corrected chi connectivity index (χ1v) is 8.76. The largest absolute Gasteiger partial charge is 0.346 e. The quantitative estimate of drug-likeness (QED) is 0.917. The third-order valence-electron chi connectivity index (χ3n) is 4.20. The highest BCUT2D eigenvalue weighted by Gasteiger charge is 2.30. The van der Waals surface area contributed by atoms with Crippen LogP contribution in [0.2, 0.25) is 0 Å². The van der Waals surface area contributed by atoms with Gasteiger partial charge in [-0.3, -0.25) is 4.79 Å². The van der Waals surface area contributed by atoms with E-state index in [0.717, 1.165) is 36.1 Å². The molecule has 1 aliphatic heterocycles. The second-order valence-electron chi connectivity index (χ2n) is 6.05. The Morgan fingerprint density at radius 1 is 1.30 bits per heavy atom. The molecular formula is C15H18N6OS. The van der Waals surface area contributed by atoms with E-state index < -0.39 is 0 Å². The van der Waals surface area contributed by atoms with Crippen molar-refractivity contribution < 1.29 is 4.79 Å². The zero-order valence-corrected chi connectivity index (χ0v) is 13.5. The third kappa shape index (κ3) is 3.31. The number of nitrogens with one attached hydrogen (secondary N) is 1. The number of nitrogens with zero attached hydrogens (tertiary/aromatic N) is 5. The minimum absolute atomic E-state index is 0.111. The van der Waals surface area contributed by atoms with Gasteiger partial charge in [-0.05, 0) is 31.7 Å². The number of carbonyl (C=O) groups excluding carboxylic acids is 1. The van der Waals surface area contributed by atoms with Crippen molar-refractivity contribution in [2.45, 2.75) is 37.6 Å². The van der Waals surface area contributed by atoms with E-state index in [9.17, 15) is 4.79 Å². The van der Waals surface area contributed by atoms with Crippen LogP contribution in [0.1, 0.15) is 47.1 Å². The van der Waals surface area contributed by atoms with E-state index >= 15 is 0 Å². The van der Waals surface area contributed by atoms with Gasteiger partial charge in [-0.25, -0.2) is 9.97 Å². The summed E-state index contributed by atoms with van der Waals surface area (Å²) in [5.41, 5.74) is 0.407. The van der Waals surface area contributed by atoms with Gasteiger partial charge < -0.3 is 10.2 Å². The molecule has 1 unspecified atom stereocenters. The minimum Gasteiger partial charge on any atom is -0.346 e. The van der Waals surface area contributed by atoms with Gasteiger partial charge in [-0.2, -0.15) is 0 Å². The van der Waals surface area contributed by atoms with Gasteiger partial charge in [0.1, 0.15) is 17.0 Å². The van der Waals surface area contributed by atoms with Crippen molar-refractivity contribution in [3.63, 3.8) is 0 Å². The molecule has 1 N–H and O–H groups in total. The summed E-state index contributed by atoms with van der Waals surface area (Å²) in [6.07, 6.45) is 7.46. The van der Waals surface area contributed by atoms with E-state index in [2.05, 4.69) is 30.4 Å². The monoisotopic (exact) mass is 330 g/mol. The molecule has 2 aromatic heterocycles. The highest BCUT2D eigenvalue weighted by atomic mass is 32.1. The van der Waals surface area contributed by atoms with Gasteiger partial charge in [0, 0.05) is 31.2 Å². The molecule has 2 aliphatic rings. The van der Waals surface area contributed by atoms with Crippen LogP contribution in [0.3, 0.4) is 0 Å². The molecule has 0 bridgehead atoms. The zero-order chi connectivity index (χ0) is 15.6. The lowest BCUT2D eigenvalue weighted by molar-refractivity contribution is 0.0928. The average Bonchev–Trinajstić information content (AvgIpc) is 3.33. The third-order valence-corrected chi connectivity index (χ3v) is 5.34. The lowest BCUT2D eigenvalue weighted by Gasteiger charge is -2.32. The maximum absolute atomic E-state index is 12.2. The number of rotatable bonds is 4. The smallest absolute Gasteiger partial charge is 0.270 e. The fraction of sp³-hybridized carbons (Fsp3) is 0.533. The highest BCUT2D eigenvalue weighted by Crippen LogP contribution is 2.42. The van der Waals surface area contributed by atoms with E-state index in [1.165, 1.54) is 19.2 Å². The van der Waals surface area contributed by atoms with Crippen LogP contribution in [0, 0.1) is 0 Å². The number of hydrogen-bond donors (Lipinski definition) is 1. The fourth-order valence-corrected chi connectivity index (χ4v) is 3.85. The van der Waals surface area contributed by atoms with E-state index in [0.29, 0.717) is 11.6 Å². The Labute approximate surface area is 138 Å². The first-order chi connectivity index (χ1) is 11.3. The number of amides is 1. The molecule has 0 spiro atoms. The topological polar surface area (TPSA) is 83.9 Å². The first kappa shape index (κ1) is 14.5. The number of aromatic nitrogens is 4. The Hall–Kier alpha value is -2.09. The SMILES string of the molecule is O=C(NC1CCCN(c2nnc(C3CC3)s2)C1)c1ccncn1. The van der Waals surface area contributed by atoms with Gasteiger partial charge in [-0.1, -0.05) is 11.3 Å². The van der Waals surface area contributed by atoms with E-state index in [-0.39, 0.29) is 11.9 Å². The normalized spacial score (nSPS) is 21.2. The summed E-state index contributed by atoms with van der Waals surface area (Å²) in [6.45, 7) is 1.75. The van der Waals surface area contributed by atoms with Gasteiger partial charge in [-0.15, -0.1) is 10.2 Å². The summed E-state index contributed by atoms with van der Waals surface area (Å²) in [6, 6.07) is 1.74. The summed E-state index contributed by atoms with van der Waals surface area (Å²) in [5.74, 6) is 0.495. The summed E-state index contributed by atoms with van der Waals surface area (Å²) < 4.78 is 0. The maximum atomic E-state index is 12.2. The Balaban J connectivity index is 1.39. The molecule has 23 heavy (non-hydrogen) atoms. The van der Waals surface area contributed by atoms with Gasteiger partial charge in [0.05, 0.1) is 0 Å². The molecule has 8 heteroatoms. The second kappa shape index (κ2) is 6.19. The number of piperidine rings is 1. The molecule has 120 valence electrons. The molecule has 2 aromatic rings. The number of carbonyl (C=O) groups is 1. The molecule has 2 fully saturated rings. The van der Waals surface area contributed by atoms with Crippen LogP contribution in [0.25, 0.3) is 0 Å². The highest BCUT2D eigenvalue weighted by molar-refractivity contribution is 7.15. The maximum Gasteiger partial charge on any atom is 0.270 e. The number of anilines is 1. The zero-order valence-electron chi connectivity index (χ0n) is 12.7. The van der Waals surface area contributed by atoms with Crippen molar-refractivity contribution in [1.29, 1.82) is 0 Å². The second-order valence-corrected chi connectivity index (χ2v) is 7.04. The van der Waals surface area contributed by atoms with Crippen LogP contribution in [0.5, 0.6) is 0 Å². The summed E-state index contributed by atoms with van der Waals surface area (Å²) in [4.78, 5) is 22.3. The fourth-order valence-electron chi connectivity index (χ4n) is 2.80. The van der Waals surface area contributed by atoms with Gasteiger partial charge in [0.25, 0.3) is 5.91 Å². The van der Waals surface area contributed by atoms with E-state index in [1.807, 2.05) is 0 Å². The molecule has 4 rings (SSSR count). The summed E-state index contributed by atoms with van der Waals surface area (Å²) in [5, 5.41) is 13.8. The predicted molar refractivity (Wildman–Crippen MR) is 86.6 cm³/mol. The van der Waals surface area contributed by atoms with Crippen LogP contribution in [0.4, 0.5) is 5.13 Å². The molecule has 3 heterocycles. The van der Waals surface area contributed by atoms with Crippen molar-refractivity contribution in [1.82, 2.24) is 25.5 Å². The van der Waals surface area contributed by atoms with Crippen molar-refractivity contribution in [3.8, 4) is 0 Å². The Morgan fingerprint density at radius 2 is 2.22 bits per heavy atom. The Morgan fingerprint density at radius 3 is 3.00 bits per heavy atom. The van der Waals surface area contributed by atoms with Crippen molar-refractivity contribution in [2.24, 2.45) is 0 Å². The molecule has 0 aromatic carbocycles. The van der Waals surface area contributed by atoms with Crippen LogP contribution >= 0.6 is 11.3 Å². The van der Waals surface area contributed by atoms with Gasteiger partial charge >= 0.3 is 0 Å². The number of hydrogen-bond acceptors (Lipinski definition) is 7. The summed E-state index contributed by atoms with van der Waals surface area (Å²) >= 11 is 1.70. The molecule has 1 saturated heterocycles. The van der Waals surface area contributed by atoms with Crippen LogP contribution in [-0.2, 0) is 0 Å².